The van der Waals surface area contributed by atoms with Gasteiger partial charge in [0.25, 0.3) is 5.95 Å². The van der Waals surface area contributed by atoms with E-state index in [1.807, 2.05) is 6.92 Å². The number of hydrogen-bond donors (Lipinski definition) is 1. The molecule has 4 rings (SSSR count). The Morgan fingerprint density at radius 2 is 1.82 bits per heavy atom. The second kappa shape index (κ2) is 9.39. The number of nitrogens with zero attached hydrogens (tertiary/aromatic N) is 5. The van der Waals surface area contributed by atoms with Crippen LogP contribution in [0.2, 0.25) is 5.02 Å². The number of halogens is 1. The first kappa shape index (κ1) is 22.4. The third-order valence-corrected chi connectivity index (χ3v) is 6.03. The molecule has 1 atom stereocenters. The molecule has 1 unspecified atom stereocenters. The highest BCUT2D eigenvalue weighted by molar-refractivity contribution is 7.87. The summed E-state index contributed by atoms with van der Waals surface area (Å²) in [7, 11) is -4.01. The fourth-order valence-corrected chi connectivity index (χ4v) is 4.22. The van der Waals surface area contributed by atoms with E-state index in [0.717, 1.165) is 0 Å². The van der Waals surface area contributed by atoms with Crippen LogP contribution in [0.5, 0.6) is 5.75 Å². The molecule has 2 aromatic heterocycles. The van der Waals surface area contributed by atoms with E-state index in [0.29, 0.717) is 28.1 Å². The Balaban J connectivity index is 1.54. The van der Waals surface area contributed by atoms with E-state index >= 15 is 0 Å². The molecular formula is C22H19ClN6O3S. The van der Waals surface area contributed by atoms with Crippen molar-refractivity contribution in [3.05, 3.63) is 96.3 Å². The van der Waals surface area contributed by atoms with Crippen molar-refractivity contribution in [2.75, 3.05) is 0 Å². The molecule has 11 heteroatoms. The number of aromatic nitrogens is 5. The summed E-state index contributed by atoms with van der Waals surface area (Å²) in [6, 6.07) is 13.9. The Morgan fingerprint density at radius 1 is 1.09 bits per heavy atom. The van der Waals surface area contributed by atoms with Gasteiger partial charge in [0.15, 0.2) is 5.82 Å². The Bertz CT molecular complexity index is 1380. The van der Waals surface area contributed by atoms with E-state index in [1.165, 1.54) is 29.2 Å². The van der Waals surface area contributed by atoms with Crippen LogP contribution in [0, 0.1) is 0 Å². The highest BCUT2D eigenvalue weighted by atomic mass is 35.5. The molecule has 2 aromatic carbocycles. The van der Waals surface area contributed by atoms with Crippen LogP contribution in [0.15, 0.2) is 84.8 Å². The Kier molecular flexibility index (Phi) is 6.38. The van der Waals surface area contributed by atoms with Gasteiger partial charge in [0.05, 0.1) is 6.04 Å². The van der Waals surface area contributed by atoms with Crippen LogP contribution < -0.4 is 9.50 Å². The maximum absolute atomic E-state index is 12.6. The predicted molar refractivity (Wildman–Crippen MR) is 123 cm³/mol. The van der Waals surface area contributed by atoms with E-state index < -0.39 is 10.1 Å². The third kappa shape index (κ3) is 5.18. The second-order valence-electron chi connectivity index (χ2n) is 6.95. The minimum atomic E-state index is -4.01. The molecule has 0 spiro atoms. The lowest BCUT2D eigenvalue weighted by molar-refractivity contribution is 0.486. The maximum atomic E-state index is 12.6. The van der Waals surface area contributed by atoms with Crippen LogP contribution in [0.25, 0.3) is 11.6 Å². The average Bonchev–Trinajstić information content (AvgIpc) is 3.30. The zero-order valence-corrected chi connectivity index (χ0v) is 19.0. The van der Waals surface area contributed by atoms with Crippen molar-refractivity contribution in [1.82, 2.24) is 30.0 Å². The largest absolute Gasteiger partial charge is 0.379 e. The quantitative estimate of drug-likeness (QED) is 0.377. The normalized spacial score (nSPS) is 12.2. The lowest BCUT2D eigenvalue weighted by Crippen LogP contribution is -2.21. The van der Waals surface area contributed by atoms with Gasteiger partial charge in [-0.3, -0.25) is 0 Å². The predicted octanol–water partition coefficient (Wildman–Crippen LogP) is 3.80. The molecule has 168 valence electrons. The molecule has 0 aliphatic carbocycles. The molecule has 0 fully saturated rings. The molecule has 0 radical (unpaired) electrons. The molecule has 0 aliphatic rings. The minimum Gasteiger partial charge on any atom is -0.379 e. The topological polar surface area (TPSA) is 112 Å². The SMILES string of the molecule is C=C(NC(C)c1ncnn1-c1ncccn1)c1cc(Cl)cc(OS(=O)(=O)c2ccccc2)c1. The van der Waals surface area contributed by atoms with Gasteiger partial charge in [-0.05, 0) is 37.3 Å². The van der Waals surface area contributed by atoms with Gasteiger partial charge in [0, 0.05) is 34.7 Å². The van der Waals surface area contributed by atoms with Crippen molar-refractivity contribution < 1.29 is 12.6 Å². The molecule has 0 saturated carbocycles. The molecule has 0 saturated heterocycles. The summed E-state index contributed by atoms with van der Waals surface area (Å²) in [5.41, 5.74) is 1.03. The van der Waals surface area contributed by atoms with Crippen molar-refractivity contribution >= 4 is 27.4 Å². The highest BCUT2D eigenvalue weighted by Crippen LogP contribution is 2.28. The first-order valence-electron chi connectivity index (χ1n) is 9.77. The van der Waals surface area contributed by atoms with E-state index in [9.17, 15) is 8.42 Å². The fourth-order valence-electron chi connectivity index (χ4n) is 3.06. The molecule has 0 bridgehead atoms. The summed E-state index contributed by atoms with van der Waals surface area (Å²) in [6.07, 6.45) is 4.63. The zero-order valence-electron chi connectivity index (χ0n) is 17.5. The molecular weight excluding hydrogens is 464 g/mol. The Morgan fingerprint density at radius 3 is 2.55 bits per heavy atom. The standard InChI is InChI=1S/C22H19ClN6O3S/c1-15(28-16(2)21-26-14-27-29(21)22-24-9-6-10-25-22)17-11-18(23)13-19(12-17)32-33(30,31)20-7-4-3-5-8-20/h3-14,16,28H,1H2,2H3. The molecule has 4 aromatic rings. The van der Waals surface area contributed by atoms with Crippen molar-refractivity contribution in [2.45, 2.75) is 17.9 Å². The van der Waals surface area contributed by atoms with Crippen molar-refractivity contribution in [1.29, 1.82) is 0 Å². The summed E-state index contributed by atoms with van der Waals surface area (Å²) in [5, 5.41) is 7.70. The second-order valence-corrected chi connectivity index (χ2v) is 8.93. The van der Waals surface area contributed by atoms with Gasteiger partial charge in [-0.15, -0.1) is 0 Å². The first-order valence-corrected chi connectivity index (χ1v) is 11.6. The number of hydrogen-bond acceptors (Lipinski definition) is 8. The van der Waals surface area contributed by atoms with Crippen LogP contribution >= 0.6 is 11.6 Å². The monoisotopic (exact) mass is 482 g/mol. The van der Waals surface area contributed by atoms with Gasteiger partial charge in [-0.2, -0.15) is 18.2 Å². The van der Waals surface area contributed by atoms with Gasteiger partial charge in [0.1, 0.15) is 17.0 Å². The van der Waals surface area contributed by atoms with E-state index in [2.05, 4.69) is 31.9 Å². The maximum Gasteiger partial charge on any atom is 0.339 e. The smallest absolute Gasteiger partial charge is 0.339 e. The number of nitrogens with one attached hydrogen (secondary N) is 1. The first-order chi connectivity index (χ1) is 15.8. The number of benzene rings is 2. The summed E-state index contributed by atoms with van der Waals surface area (Å²) in [6.45, 7) is 5.92. The fraction of sp³-hybridized carbons (Fsp3) is 0.0909. The summed E-state index contributed by atoms with van der Waals surface area (Å²) < 4.78 is 31.9. The van der Waals surface area contributed by atoms with Crippen molar-refractivity contribution in [2.24, 2.45) is 0 Å². The van der Waals surface area contributed by atoms with Gasteiger partial charge >= 0.3 is 10.1 Å². The van der Waals surface area contributed by atoms with E-state index in [-0.39, 0.29) is 16.7 Å². The van der Waals surface area contributed by atoms with Crippen LogP contribution in [-0.4, -0.2) is 33.2 Å². The van der Waals surface area contributed by atoms with E-state index in [1.54, 1.807) is 48.8 Å². The van der Waals surface area contributed by atoms with E-state index in [4.69, 9.17) is 15.8 Å². The summed E-state index contributed by atoms with van der Waals surface area (Å²) in [4.78, 5) is 12.7. The third-order valence-electron chi connectivity index (χ3n) is 4.55. The Hall–Kier alpha value is -3.76. The molecule has 0 aliphatic heterocycles. The number of rotatable bonds is 8. The highest BCUT2D eigenvalue weighted by Gasteiger charge is 2.19. The average molecular weight is 483 g/mol. The summed E-state index contributed by atoms with van der Waals surface area (Å²) >= 11 is 6.22. The van der Waals surface area contributed by atoms with Gasteiger partial charge in [-0.25, -0.2) is 15.0 Å². The minimum absolute atomic E-state index is 0.0413. The molecule has 1 N–H and O–H groups in total. The van der Waals surface area contributed by atoms with Crippen LogP contribution in [0.3, 0.4) is 0 Å². The van der Waals surface area contributed by atoms with Crippen molar-refractivity contribution in [3.63, 3.8) is 0 Å². The molecule has 2 heterocycles. The van der Waals surface area contributed by atoms with Crippen LogP contribution in [0.4, 0.5) is 0 Å². The lowest BCUT2D eigenvalue weighted by Gasteiger charge is -2.18. The van der Waals surface area contributed by atoms with Gasteiger partial charge < -0.3 is 9.50 Å². The Labute approximate surface area is 195 Å². The lowest BCUT2D eigenvalue weighted by atomic mass is 10.1. The van der Waals surface area contributed by atoms with Crippen molar-refractivity contribution in [3.8, 4) is 11.7 Å². The van der Waals surface area contributed by atoms with Crippen LogP contribution in [-0.2, 0) is 10.1 Å². The molecule has 0 amide bonds. The van der Waals surface area contributed by atoms with Gasteiger partial charge in [-0.1, -0.05) is 36.4 Å². The zero-order chi connectivity index (χ0) is 23.4. The molecule has 33 heavy (non-hydrogen) atoms. The molecule has 9 nitrogen and oxygen atoms in total. The summed E-state index contributed by atoms with van der Waals surface area (Å²) in [5.74, 6) is 1.01. The van der Waals surface area contributed by atoms with Crippen LogP contribution in [0.1, 0.15) is 24.4 Å². The van der Waals surface area contributed by atoms with Gasteiger partial charge in [0.2, 0.25) is 0 Å².